The van der Waals surface area contributed by atoms with Gasteiger partial charge in [0.25, 0.3) is 0 Å². The number of fused-ring (bicyclic) bond motifs is 1. The smallest absolute Gasteiger partial charge is 0.240 e. The number of carbonyl (C=O) groups excluding carboxylic acids is 1. The Kier molecular flexibility index (Phi) is 3.82. The second-order valence-electron chi connectivity index (χ2n) is 4.40. The van der Waals surface area contributed by atoms with E-state index in [0.29, 0.717) is 11.8 Å². The molecule has 2 rings (SSSR count). The summed E-state index contributed by atoms with van der Waals surface area (Å²) in [6.45, 7) is 4.86. The zero-order valence-corrected chi connectivity index (χ0v) is 11.7. The number of hydrogen-bond acceptors (Lipinski definition) is 4. The molecule has 1 aromatic rings. The Morgan fingerprint density at radius 2 is 2.33 bits per heavy atom. The number of ether oxygens (including phenoxy) is 1. The van der Waals surface area contributed by atoms with Gasteiger partial charge in [-0.25, -0.2) is 0 Å². The molecule has 1 unspecified atom stereocenters. The summed E-state index contributed by atoms with van der Waals surface area (Å²) >= 11 is 1.78. The third kappa shape index (κ3) is 2.20. The maximum absolute atomic E-state index is 12.0. The molecule has 18 heavy (non-hydrogen) atoms. The first kappa shape index (κ1) is 13.2. The number of carbonyl (C=O) groups is 1. The Bertz CT molecular complexity index is 476. The fraction of sp³-hybridized carbons (Fsp3) is 0.462. The molecule has 1 amide bonds. The molecule has 1 aliphatic heterocycles. The summed E-state index contributed by atoms with van der Waals surface area (Å²) in [5, 5.41) is 0.360. The van der Waals surface area contributed by atoms with Crippen molar-refractivity contribution in [2.45, 2.75) is 24.0 Å². The van der Waals surface area contributed by atoms with Crippen molar-refractivity contribution in [3.63, 3.8) is 0 Å². The van der Waals surface area contributed by atoms with E-state index in [4.69, 9.17) is 10.5 Å². The average molecular weight is 266 g/mol. The van der Waals surface area contributed by atoms with Gasteiger partial charge in [-0.15, -0.1) is 11.8 Å². The van der Waals surface area contributed by atoms with Crippen LogP contribution in [0.15, 0.2) is 17.0 Å². The van der Waals surface area contributed by atoms with Gasteiger partial charge in [0, 0.05) is 16.7 Å². The van der Waals surface area contributed by atoms with Crippen molar-refractivity contribution in [3.05, 3.63) is 17.7 Å². The number of hydrogen-bond donors (Lipinski definition) is 1. The summed E-state index contributed by atoms with van der Waals surface area (Å²) < 4.78 is 5.38. The summed E-state index contributed by atoms with van der Waals surface area (Å²) in [7, 11) is 1.62. The van der Waals surface area contributed by atoms with Crippen LogP contribution in [0.25, 0.3) is 0 Å². The third-order valence-electron chi connectivity index (χ3n) is 3.02. The Morgan fingerprint density at radius 3 is 2.94 bits per heavy atom. The van der Waals surface area contributed by atoms with Crippen molar-refractivity contribution < 1.29 is 9.53 Å². The highest BCUT2D eigenvalue weighted by Gasteiger charge is 2.30. The van der Waals surface area contributed by atoms with E-state index in [-0.39, 0.29) is 12.5 Å². The normalized spacial score (nSPS) is 18.4. The number of aryl methyl sites for hydroxylation is 1. The number of thioether (sulfide) groups is 1. The van der Waals surface area contributed by atoms with Crippen LogP contribution >= 0.6 is 11.8 Å². The average Bonchev–Trinajstić information content (AvgIpc) is 2.38. The van der Waals surface area contributed by atoms with Crippen LogP contribution in [0.5, 0.6) is 5.75 Å². The Labute approximate surface area is 111 Å². The molecule has 0 bridgehead atoms. The lowest BCUT2D eigenvalue weighted by Crippen LogP contribution is -2.42. The van der Waals surface area contributed by atoms with Gasteiger partial charge in [-0.3, -0.25) is 4.79 Å². The van der Waals surface area contributed by atoms with Gasteiger partial charge in [-0.05, 0) is 18.6 Å². The van der Waals surface area contributed by atoms with E-state index in [1.165, 1.54) is 0 Å². The van der Waals surface area contributed by atoms with Gasteiger partial charge in [0.1, 0.15) is 11.4 Å². The molecular formula is C13H18N2O2S. The van der Waals surface area contributed by atoms with Gasteiger partial charge >= 0.3 is 0 Å². The Balaban J connectivity index is 2.57. The minimum atomic E-state index is -0.0627. The molecule has 1 atom stereocenters. The minimum absolute atomic E-state index is 0.0217. The molecule has 5 heteroatoms. The summed E-state index contributed by atoms with van der Waals surface area (Å²) in [5.41, 5.74) is 7.53. The summed E-state index contributed by atoms with van der Waals surface area (Å²) in [6.07, 6.45) is 0. The van der Waals surface area contributed by atoms with Crippen molar-refractivity contribution >= 4 is 23.4 Å². The summed E-state index contributed by atoms with van der Waals surface area (Å²) in [5.74, 6) is 0.670. The largest absolute Gasteiger partial charge is 0.495 e. The van der Waals surface area contributed by atoms with Crippen molar-refractivity contribution in [2.75, 3.05) is 25.1 Å². The molecular weight excluding hydrogens is 248 g/mol. The van der Waals surface area contributed by atoms with Crippen molar-refractivity contribution in [1.82, 2.24) is 0 Å². The highest BCUT2D eigenvalue weighted by molar-refractivity contribution is 8.00. The van der Waals surface area contributed by atoms with Gasteiger partial charge in [-0.2, -0.15) is 0 Å². The van der Waals surface area contributed by atoms with Crippen molar-refractivity contribution in [1.29, 1.82) is 0 Å². The zero-order chi connectivity index (χ0) is 13.3. The zero-order valence-electron chi connectivity index (χ0n) is 10.9. The number of benzene rings is 1. The van der Waals surface area contributed by atoms with Gasteiger partial charge in [0.15, 0.2) is 0 Å². The van der Waals surface area contributed by atoms with Gasteiger partial charge < -0.3 is 15.4 Å². The van der Waals surface area contributed by atoms with Gasteiger partial charge in [-0.1, -0.05) is 13.0 Å². The van der Waals surface area contributed by atoms with Crippen LogP contribution in [-0.2, 0) is 4.79 Å². The van der Waals surface area contributed by atoms with Crippen LogP contribution in [0.4, 0.5) is 5.69 Å². The molecule has 1 heterocycles. The van der Waals surface area contributed by atoms with E-state index in [2.05, 4.69) is 13.8 Å². The molecule has 0 saturated heterocycles. The number of nitrogens with zero attached hydrogens (tertiary/aromatic N) is 1. The first-order chi connectivity index (χ1) is 8.58. The second-order valence-corrected chi connectivity index (χ2v) is 5.85. The number of rotatable bonds is 2. The standard InChI is InChI=1S/C13H18N2O2S/c1-8-4-5-10(17-3)12-13(8)18-9(2)7-15(12)11(16)6-14/h4-5,9H,6-7,14H2,1-3H3. The van der Waals surface area contributed by atoms with E-state index in [9.17, 15) is 4.79 Å². The second kappa shape index (κ2) is 5.20. The quantitative estimate of drug-likeness (QED) is 0.886. The van der Waals surface area contributed by atoms with E-state index >= 15 is 0 Å². The lowest BCUT2D eigenvalue weighted by atomic mass is 10.1. The molecule has 1 aliphatic rings. The van der Waals surface area contributed by atoms with Crippen LogP contribution in [0.1, 0.15) is 12.5 Å². The fourth-order valence-electron chi connectivity index (χ4n) is 2.15. The van der Waals surface area contributed by atoms with Crippen molar-refractivity contribution in [2.24, 2.45) is 5.73 Å². The SMILES string of the molecule is COc1ccc(C)c2c1N(C(=O)CN)CC(C)S2. The molecule has 0 aliphatic carbocycles. The van der Waals surface area contributed by atoms with Crippen LogP contribution < -0.4 is 15.4 Å². The number of amides is 1. The topological polar surface area (TPSA) is 55.6 Å². The third-order valence-corrected chi connectivity index (χ3v) is 4.32. The summed E-state index contributed by atoms with van der Waals surface area (Å²) in [6, 6.07) is 3.93. The maximum Gasteiger partial charge on any atom is 0.240 e. The van der Waals surface area contributed by atoms with E-state index in [1.807, 2.05) is 12.1 Å². The van der Waals surface area contributed by atoms with Gasteiger partial charge in [0.05, 0.1) is 13.7 Å². The predicted molar refractivity (Wildman–Crippen MR) is 74.5 cm³/mol. The van der Waals surface area contributed by atoms with E-state index in [0.717, 1.165) is 21.9 Å². The fourth-order valence-corrected chi connectivity index (χ4v) is 3.35. The number of anilines is 1. The molecule has 2 N–H and O–H groups in total. The first-order valence-electron chi connectivity index (χ1n) is 5.93. The van der Waals surface area contributed by atoms with Crippen LogP contribution in [-0.4, -0.2) is 31.4 Å². The maximum atomic E-state index is 12.0. The molecule has 0 spiro atoms. The molecule has 98 valence electrons. The first-order valence-corrected chi connectivity index (χ1v) is 6.81. The van der Waals surface area contributed by atoms with Crippen molar-refractivity contribution in [3.8, 4) is 5.75 Å². The molecule has 0 radical (unpaired) electrons. The van der Waals surface area contributed by atoms with E-state index in [1.54, 1.807) is 23.8 Å². The Hall–Kier alpha value is -1.20. The predicted octanol–water partition coefficient (Wildman–Crippen LogP) is 1.79. The van der Waals surface area contributed by atoms with Crippen LogP contribution in [0, 0.1) is 6.92 Å². The highest BCUT2D eigenvalue weighted by Crippen LogP contribution is 2.45. The monoisotopic (exact) mass is 266 g/mol. The van der Waals surface area contributed by atoms with Crippen LogP contribution in [0.2, 0.25) is 0 Å². The van der Waals surface area contributed by atoms with E-state index < -0.39 is 0 Å². The van der Waals surface area contributed by atoms with Gasteiger partial charge in [0.2, 0.25) is 5.91 Å². The summed E-state index contributed by atoms with van der Waals surface area (Å²) in [4.78, 5) is 14.9. The molecule has 4 nitrogen and oxygen atoms in total. The molecule has 1 aromatic carbocycles. The van der Waals surface area contributed by atoms with Crippen LogP contribution in [0.3, 0.4) is 0 Å². The minimum Gasteiger partial charge on any atom is -0.495 e. The highest BCUT2D eigenvalue weighted by atomic mass is 32.2. The lowest BCUT2D eigenvalue weighted by Gasteiger charge is -2.34. The Morgan fingerprint density at radius 1 is 1.61 bits per heavy atom. The molecule has 0 saturated carbocycles. The lowest BCUT2D eigenvalue weighted by molar-refractivity contribution is -0.117. The molecule has 0 aromatic heterocycles. The number of methoxy groups -OCH3 is 1. The number of nitrogens with two attached hydrogens (primary N) is 1. The molecule has 0 fully saturated rings.